The standard InChI is InChI=1S/C25H22N4O2/c1-17-5-3-12-26-23(17)22-7-2-6-19-15-21(31-24(19)22)16-27-25(30)18-8-10-20(11-9-18)29-14-4-13-28-29/h2-14,21H,15-16H2,1H3,(H,27,30)/t21-/m1/s1. The maximum Gasteiger partial charge on any atom is 0.251 e. The van der Waals surface area contributed by atoms with Gasteiger partial charge in [0.15, 0.2) is 0 Å². The number of aromatic nitrogens is 3. The largest absolute Gasteiger partial charge is 0.487 e. The third kappa shape index (κ3) is 3.80. The van der Waals surface area contributed by atoms with Crippen LogP contribution in [0.4, 0.5) is 0 Å². The summed E-state index contributed by atoms with van der Waals surface area (Å²) in [4.78, 5) is 17.1. The van der Waals surface area contributed by atoms with Crippen LogP contribution in [-0.2, 0) is 6.42 Å². The second-order valence-corrected chi connectivity index (χ2v) is 7.61. The first kappa shape index (κ1) is 19.1. The summed E-state index contributed by atoms with van der Waals surface area (Å²) in [5.41, 5.74) is 5.70. The molecule has 4 aromatic rings. The van der Waals surface area contributed by atoms with Crippen LogP contribution in [-0.4, -0.2) is 33.3 Å². The van der Waals surface area contributed by atoms with Gasteiger partial charge in [-0.3, -0.25) is 9.78 Å². The molecular weight excluding hydrogens is 388 g/mol. The predicted molar refractivity (Wildman–Crippen MR) is 118 cm³/mol. The van der Waals surface area contributed by atoms with Gasteiger partial charge in [-0.2, -0.15) is 5.10 Å². The van der Waals surface area contributed by atoms with Crippen LogP contribution in [0.3, 0.4) is 0 Å². The van der Waals surface area contributed by atoms with E-state index in [1.807, 2.05) is 55.6 Å². The van der Waals surface area contributed by atoms with Crippen molar-refractivity contribution in [3.8, 4) is 22.7 Å². The number of hydrogen-bond donors (Lipinski definition) is 1. The molecule has 1 N–H and O–H groups in total. The van der Waals surface area contributed by atoms with Gasteiger partial charge in [0.05, 0.1) is 17.9 Å². The topological polar surface area (TPSA) is 69.0 Å². The van der Waals surface area contributed by atoms with Gasteiger partial charge in [-0.05, 0) is 60.5 Å². The number of pyridine rings is 1. The molecule has 5 rings (SSSR count). The van der Waals surface area contributed by atoms with Crippen LogP contribution in [0, 0.1) is 6.92 Å². The summed E-state index contributed by atoms with van der Waals surface area (Å²) in [7, 11) is 0. The van der Waals surface area contributed by atoms with Crippen LogP contribution in [0.15, 0.2) is 79.3 Å². The van der Waals surface area contributed by atoms with Crippen molar-refractivity contribution in [1.82, 2.24) is 20.1 Å². The lowest BCUT2D eigenvalue weighted by Gasteiger charge is -2.14. The van der Waals surface area contributed by atoms with Crippen molar-refractivity contribution in [2.45, 2.75) is 19.4 Å². The van der Waals surface area contributed by atoms with Gasteiger partial charge in [-0.1, -0.05) is 18.2 Å². The number of aryl methyl sites for hydroxylation is 1. The van der Waals surface area contributed by atoms with Gasteiger partial charge in [-0.15, -0.1) is 0 Å². The van der Waals surface area contributed by atoms with Crippen molar-refractivity contribution >= 4 is 5.91 Å². The lowest BCUT2D eigenvalue weighted by atomic mass is 10.0. The fourth-order valence-electron chi connectivity index (χ4n) is 3.90. The molecule has 0 saturated carbocycles. The Morgan fingerprint density at radius 1 is 1.10 bits per heavy atom. The fraction of sp³-hybridized carbons (Fsp3) is 0.160. The molecule has 1 aliphatic rings. The second kappa shape index (κ2) is 8.07. The van der Waals surface area contributed by atoms with Gasteiger partial charge >= 0.3 is 0 Å². The molecule has 6 nitrogen and oxygen atoms in total. The third-order valence-corrected chi connectivity index (χ3v) is 5.48. The molecule has 0 radical (unpaired) electrons. The van der Waals surface area contributed by atoms with Gasteiger partial charge in [0.25, 0.3) is 5.91 Å². The highest BCUT2D eigenvalue weighted by molar-refractivity contribution is 5.94. The van der Waals surface area contributed by atoms with E-state index in [4.69, 9.17) is 4.74 Å². The lowest BCUT2D eigenvalue weighted by molar-refractivity contribution is 0.0933. The smallest absolute Gasteiger partial charge is 0.251 e. The number of para-hydroxylation sites is 1. The Morgan fingerprint density at radius 2 is 1.97 bits per heavy atom. The molecule has 1 aliphatic heterocycles. The van der Waals surface area contributed by atoms with Gasteiger partial charge in [0.2, 0.25) is 0 Å². The average molecular weight is 410 g/mol. The molecule has 1 amide bonds. The minimum atomic E-state index is -0.118. The Bertz CT molecular complexity index is 1220. The molecule has 2 aromatic carbocycles. The van der Waals surface area contributed by atoms with Gasteiger partial charge in [0.1, 0.15) is 11.9 Å². The summed E-state index contributed by atoms with van der Waals surface area (Å²) in [5.74, 6) is 0.750. The number of ether oxygens (including phenoxy) is 1. The molecule has 0 saturated heterocycles. The molecule has 2 aromatic heterocycles. The number of nitrogens with zero attached hydrogens (tertiary/aromatic N) is 3. The molecule has 0 aliphatic carbocycles. The summed E-state index contributed by atoms with van der Waals surface area (Å²) in [6, 6.07) is 19.4. The zero-order valence-corrected chi connectivity index (χ0v) is 17.2. The molecule has 0 fully saturated rings. The molecule has 0 bridgehead atoms. The molecular formula is C25H22N4O2. The van der Waals surface area contributed by atoms with E-state index in [-0.39, 0.29) is 12.0 Å². The molecule has 31 heavy (non-hydrogen) atoms. The quantitative estimate of drug-likeness (QED) is 0.540. The first-order valence-corrected chi connectivity index (χ1v) is 10.3. The number of amides is 1. The minimum Gasteiger partial charge on any atom is -0.487 e. The van der Waals surface area contributed by atoms with Crippen molar-refractivity contribution in [2.75, 3.05) is 6.54 Å². The molecule has 1 atom stereocenters. The van der Waals surface area contributed by atoms with Crippen LogP contribution in [0.1, 0.15) is 21.5 Å². The number of nitrogens with one attached hydrogen (secondary N) is 1. The van der Waals surface area contributed by atoms with E-state index in [2.05, 4.69) is 21.5 Å². The van der Waals surface area contributed by atoms with Gasteiger partial charge in [-0.25, -0.2) is 4.68 Å². The summed E-state index contributed by atoms with van der Waals surface area (Å²) in [6.07, 6.45) is 6.04. The van der Waals surface area contributed by atoms with E-state index in [1.165, 1.54) is 0 Å². The SMILES string of the molecule is Cc1cccnc1-c1cccc2c1O[C@@H](CNC(=O)c1ccc(-n3cccn3)cc1)C2. The minimum absolute atomic E-state index is 0.104. The molecule has 0 unspecified atom stereocenters. The normalized spacial score (nSPS) is 14.7. The Morgan fingerprint density at radius 3 is 2.74 bits per heavy atom. The highest BCUT2D eigenvalue weighted by atomic mass is 16.5. The maximum atomic E-state index is 12.6. The number of carbonyl (C=O) groups excluding carboxylic acids is 1. The highest BCUT2D eigenvalue weighted by Crippen LogP contribution is 2.38. The zero-order chi connectivity index (χ0) is 21.2. The third-order valence-electron chi connectivity index (χ3n) is 5.48. The summed E-state index contributed by atoms with van der Waals surface area (Å²) in [6.45, 7) is 2.49. The second-order valence-electron chi connectivity index (χ2n) is 7.61. The first-order valence-electron chi connectivity index (χ1n) is 10.3. The van der Waals surface area contributed by atoms with Crippen LogP contribution in [0.5, 0.6) is 5.75 Å². The monoisotopic (exact) mass is 410 g/mol. The number of carbonyl (C=O) groups is 1. The van der Waals surface area contributed by atoms with Crippen LogP contribution < -0.4 is 10.1 Å². The van der Waals surface area contributed by atoms with Crippen LogP contribution in [0.25, 0.3) is 16.9 Å². The van der Waals surface area contributed by atoms with Crippen LogP contribution >= 0.6 is 0 Å². The van der Waals surface area contributed by atoms with Crippen molar-refractivity contribution in [2.24, 2.45) is 0 Å². The van der Waals surface area contributed by atoms with E-state index in [0.717, 1.165) is 40.2 Å². The van der Waals surface area contributed by atoms with Crippen molar-refractivity contribution < 1.29 is 9.53 Å². The summed E-state index contributed by atoms with van der Waals surface area (Å²) >= 11 is 0. The predicted octanol–water partition coefficient (Wildman–Crippen LogP) is 3.98. The molecule has 0 spiro atoms. The Balaban J connectivity index is 1.25. The van der Waals surface area contributed by atoms with Crippen molar-refractivity contribution in [3.05, 3.63) is 95.9 Å². The Hall–Kier alpha value is -3.93. The molecule has 3 heterocycles. The van der Waals surface area contributed by atoms with Crippen molar-refractivity contribution in [3.63, 3.8) is 0 Å². The molecule has 6 heteroatoms. The van der Waals surface area contributed by atoms with E-state index >= 15 is 0 Å². The maximum absolute atomic E-state index is 12.6. The Labute approximate surface area is 180 Å². The van der Waals surface area contributed by atoms with E-state index < -0.39 is 0 Å². The fourth-order valence-corrected chi connectivity index (χ4v) is 3.90. The molecule has 154 valence electrons. The van der Waals surface area contributed by atoms with Gasteiger partial charge in [0, 0.05) is 36.1 Å². The number of rotatable bonds is 5. The highest BCUT2D eigenvalue weighted by Gasteiger charge is 2.27. The number of hydrogen-bond acceptors (Lipinski definition) is 4. The number of fused-ring (bicyclic) bond motifs is 1. The van der Waals surface area contributed by atoms with E-state index in [9.17, 15) is 4.79 Å². The van der Waals surface area contributed by atoms with E-state index in [0.29, 0.717) is 12.1 Å². The number of benzene rings is 2. The van der Waals surface area contributed by atoms with Crippen LogP contribution in [0.2, 0.25) is 0 Å². The average Bonchev–Trinajstić information content (AvgIpc) is 3.48. The Kier molecular flexibility index (Phi) is 4.96. The zero-order valence-electron chi connectivity index (χ0n) is 17.2. The summed E-state index contributed by atoms with van der Waals surface area (Å²) in [5, 5.41) is 7.20. The van der Waals surface area contributed by atoms with E-state index in [1.54, 1.807) is 29.2 Å². The summed E-state index contributed by atoms with van der Waals surface area (Å²) < 4.78 is 7.99. The first-order chi connectivity index (χ1) is 15.2. The van der Waals surface area contributed by atoms with Gasteiger partial charge < -0.3 is 10.1 Å². The lowest BCUT2D eigenvalue weighted by Crippen LogP contribution is -2.34. The van der Waals surface area contributed by atoms with Crippen molar-refractivity contribution in [1.29, 1.82) is 0 Å².